The van der Waals surface area contributed by atoms with Crippen LogP contribution in [-0.2, 0) is 9.84 Å². The van der Waals surface area contributed by atoms with Crippen LogP contribution in [0.1, 0.15) is 0 Å². The Balaban J connectivity index is 0.000000241. The molecule has 0 radical (unpaired) electrons. The zero-order valence-electron chi connectivity index (χ0n) is 7.50. The first kappa shape index (κ1) is 12.7. The number of nitrogens with one attached hydrogen (secondary N) is 4. The topological polar surface area (TPSA) is 158 Å². The van der Waals surface area contributed by atoms with Gasteiger partial charge in [0.05, 0.1) is 11.6 Å². The van der Waals surface area contributed by atoms with Crippen molar-refractivity contribution in [1.29, 1.82) is 10.8 Å². The van der Waals surface area contributed by atoms with Crippen LogP contribution in [0.4, 0.5) is 0 Å². The highest BCUT2D eigenvalue weighted by molar-refractivity contribution is 7.91. The molecule has 8 N–H and O–H groups in total. The highest BCUT2D eigenvalue weighted by Crippen LogP contribution is 1.91. The molecule has 0 spiro atoms. The normalized spacial score (nSPS) is 17.7. The summed E-state index contributed by atoms with van der Waals surface area (Å²) < 4.78 is 20.7. The fraction of sp³-hybridized carbons (Fsp3) is 0.600. The van der Waals surface area contributed by atoms with E-state index in [1.54, 1.807) is 0 Å². The zero-order chi connectivity index (χ0) is 11.2. The van der Waals surface area contributed by atoms with Gasteiger partial charge < -0.3 is 16.8 Å². The summed E-state index contributed by atoms with van der Waals surface area (Å²) in [6.45, 7) is 0.627. The Kier molecular flexibility index (Phi) is 4.87. The molecule has 1 aliphatic heterocycles. The Hall–Kier alpha value is -1.35. The third-order valence-corrected chi connectivity index (χ3v) is 2.65. The van der Waals surface area contributed by atoms with Crippen molar-refractivity contribution in [1.82, 2.24) is 10.6 Å². The van der Waals surface area contributed by atoms with Crippen molar-refractivity contribution >= 4 is 21.8 Å². The van der Waals surface area contributed by atoms with Crippen molar-refractivity contribution in [3.05, 3.63) is 0 Å². The maximum Gasteiger partial charge on any atom is 0.192 e. The lowest BCUT2D eigenvalue weighted by atomic mass is 10.8. The van der Waals surface area contributed by atoms with Crippen LogP contribution in [0, 0.1) is 10.8 Å². The fourth-order valence-corrected chi connectivity index (χ4v) is 1.73. The molecule has 0 aromatic rings. The second-order valence-corrected chi connectivity index (χ2v) is 4.73. The minimum Gasteiger partial charge on any atom is -0.370 e. The first-order valence-electron chi connectivity index (χ1n) is 3.70. The standard InChI is InChI=1S/C3H7NO2S.C2H7N5/c5-7(6)2-1-4-3-7;3-1(4)7-2(5)6/h4H,1-3H2;(H7,3,4,5,6,7). The quantitative estimate of drug-likeness (QED) is 0.194. The number of hydrogen-bond acceptors (Lipinski definition) is 5. The molecule has 0 aliphatic carbocycles. The average molecular weight is 222 g/mol. The highest BCUT2D eigenvalue weighted by Gasteiger charge is 2.15. The molecule has 0 aromatic heterocycles. The van der Waals surface area contributed by atoms with Gasteiger partial charge in [-0.15, -0.1) is 0 Å². The van der Waals surface area contributed by atoms with E-state index in [9.17, 15) is 8.42 Å². The lowest BCUT2D eigenvalue weighted by Gasteiger charge is -1.95. The third kappa shape index (κ3) is 7.31. The van der Waals surface area contributed by atoms with Gasteiger partial charge in [-0.2, -0.15) is 0 Å². The second kappa shape index (κ2) is 5.40. The lowest BCUT2D eigenvalue weighted by molar-refractivity contribution is 0.601. The van der Waals surface area contributed by atoms with Crippen LogP contribution in [0.5, 0.6) is 0 Å². The monoisotopic (exact) mass is 222 g/mol. The number of sulfone groups is 1. The predicted octanol–water partition coefficient (Wildman–Crippen LogP) is -2.68. The van der Waals surface area contributed by atoms with Gasteiger partial charge in [0, 0.05) is 6.54 Å². The smallest absolute Gasteiger partial charge is 0.192 e. The van der Waals surface area contributed by atoms with E-state index in [0.717, 1.165) is 0 Å². The summed E-state index contributed by atoms with van der Waals surface area (Å²) in [6.07, 6.45) is 0. The average Bonchev–Trinajstić information content (AvgIpc) is 2.32. The summed E-state index contributed by atoms with van der Waals surface area (Å²) in [5, 5.41) is 17.7. The van der Waals surface area contributed by atoms with Gasteiger partial charge in [-0.05, 0) is 0 Å². The largest absolute Gasteiger partial charge is 0.370 e. The van der Waals surface area contributed by atoms with E-state index in [4.69, 9.17) is 22.3 Å². The van der Waals surface area contributed by atoms with Crippen LogP contribution in [0.2, 0.25) is 0 Å². The zero-order valence-corrected chi connectivity index (χ0v) is 8.32. The van der Waals surface area contributed by atoms with Crippen molar-refractivity contribution in [2.75, 3.05) is 18.2 Å². The van der Waals surface area contributed by atoms with Gasteiger partial charge in [-0.25, -0.2) is 8.42 Å². The summed E-state index contributed by atoms with van der Waals surface area (Å²) in [4.78, 5) is 0. The van der Waals surface area contributed by atoms with E-state index >= 15 is 0 Å². The van der Waals surface area contributed by atoms with Gasteiger partial charge in [-0.3, -0.25) is 16.1 Å². The molecule has 9 heteroatoms. The Labute approximate surface area is 82.0 Å². The Morgan fingerprint density at radius 2 is 1.79 bits per heavy atom. The summed E-state index contributed by atoms with van der Waals surface area (Å²) in [7, 11) is -2.66. The molecule has 1 fully saturated rings. The summed E-state index contributed by atoms with van der Waals surface area (Å²) >= 11 is 0. The maximum atomic E-state index is 10.4. The van der Waals surface area contributed by atoms with Crippen molar-refractivity contribution in [3.8, 4) is 0 Å². The molecule has 1 aliphatic rings. The summed E-state index contributed by atoms with van der Waals surface area (Å²) in [5.41, 5.74) is 9.49. The van der Waals surface area contributed by atoms with Crippen LogP contribution in [0.3, 0.4) is 0 Å². The summed E-state index contributed by atoms with van der Waals surface area (Å²) in [5.74, 6) is -0.139. The van der Waals surface area contributed by atoms with E-state index in [1.165, 1.54) is 0 Å². The molecule has 0 amide bonds. The van der Waals surface area contributed by atoms with E-state index in [2.05, 4.69) is 5.32 Å². The Bertz CT molecular complexity index is 286. The molecule has 0 unspecified atom stereocenters. The maximum absolute atomic E-state index is 10.4. The van der Waals surface area contributed by atoms with Crippen molar-refractivity contribution < 1.29 is 8.42 Å². The predicted molar refractivity (Wildman–Crippen MR) is 53.6 cm³/mol. The first-order chi connectivity index (χ1) is 6.33. The van der Waals surface area contributed by atoms with Crippen molar-refractivity contribution in [2.45, 2.75) is 0 Å². The minimum absolute atomic E-state index is 0.174. The van der Waals surface area contributed by atoms with E-state index in [0.29, 0.717) is 12.3 Å². The number of rotatable bonds is 0. The minimum atomic E-state index is -2.66. The molecule has 0 atom stereocenters. The molecule has 1 saturated heterocycles. The second-order valence-electron chi connectivity index (χ2n) is 2.54. The number of hydrogen-bond donors (Lipinski definition) is 6. The molecule has 82 valence electrons. The first-order valence-corrected chi connectivity index (χ1v) is 5.52. The van der Waals surface area contributed by atoms with Crippen molar-refractivity contribution in [2.24, 2.45) is 11.5 Å². The molecule has 0 bridgehead atoms. The molecular formula is C5H14N6O2S. The van der Waals surface area contributed by atoms with Gasteiger partial charge in [0.1, 0.15) is 0 Å². The number of nitrogens with two attached hydrogens (primary N) is 2. The van der Waals surface area contributed by atoms with Crippen LogP contribution >= 0.6 is 0 Å². The third-order valence-electron chi connectivity index (χ3n) is 1.18. The molecule has 0 aromatic carbocycles. The van der Waals surface area contributed by atoms with E-state index < -0.39 is 9.84 Å². The summed E-state index contributed by atoms with van der Waals surface area (Å²) in [6, 6.07) is 0. The van der Waals surface area contributed by atoms with Crippen LogP contribution in [0.25, 0.3) is 0 Å². The van der Waals surface area contributed by atoms with Gasteiger partial charge in [-0.1, -0.05) is 0 Å². The van der Waals surface area contributed by atoms with Crippen LogP contribution in [-0.4, -0.2) is 38.5 Å². The van der Waals surface area contributed by atoms with Gasteiger partial charge >= 0.3 is 0 Å². The fourth-order valence-electron chi connectivity index (χ4n) is 0.673. The van der Waals surface area contributed by atoms with Gasteiger partial charge in [0.2, 0.25) is 0 Å². The highest BCUT2D eigenvalue weighted by atomic mass is 32.2. The molecule has 14 heavy (non-hydrogen) atoms. The molecule has 1 rings (SSSR count). The van der Waals surface area contributed by atoms with Gasteiger partial charge in [0.15, 0.2) is 21.8 Å². The molecule has 8 nitrogen and oxygen atoms in total. The van der Waals surface area contributed by atoms with Crippen molar-refractivity contribution in [3.63, 3.8) is 0 Å². The Morgan fingerprint density at radius 3 is 1.86 bits per heavy atom. The Morgan fingerprint density at radius 1 is 1.29 bits per heavy atom. The molecular weight excluding hydrogens is 208 g/mol. The van der Waals surface area contributed by atoms with E-state index in [1.807, 2.05) is 5.32 Å². The lowest BCUT2D eigenvalue weighted by Crippen LogP contribution is -2.39. The SMILES string of the molecule is N=C(N)NC(=N)N.O=S1(=O)CCNC1. The van der Waals surface area contributed by atoms with Crippen LogP contribution in [0.15, 0.2) is 0 Å². The number of guanidine groups is 2. The molecule has 0 saturated carbocycles. The van der Waals surface area contributed by atoms with E-state index in [-0.39, 0.29) is 17.8 Å². The van der Waals surface area contributed by atoms with Crippen LogP contribution < -0.4 is 22.1 Å². The molecule has 1 heterocycles. The van der Waals surface area contributed by atoms with Gasteiger partial charge in [0.25, 0.3) is 0 Å².